The second kappa shape index (κ2) is 5.12. The van der Waals surface area contributed by atoms with Gasteiger partial charge in [0.1, 0.15) is 0 Å². The van der Waals surface area contributed by atoms with E-state index in [0.29, 0.717) is 6.54 Å². The van der Waals surface area contributed by atoms with Crippen molar-refractivity contribution < 1.29 is 13.2 Å². The van der Waals surface area contributed by atoms with Crippen LogP contribution in [-0.2, 0) is 6.54 Å². The Morgan fingerprint density at radius 2 is 1.56 bits per heavy atom. The number of nitrogens with zero attached hydrogens (tertiary/aromatic N) is 1. The Morgan fingerprint density at radius 1 is 0.889 bits per heavy atom. The molecule has 2 aromatic carbocycles. The van der Waals surface area contributed by atoms with E-state index in [1.807, 2.05) is 30.3 Å². The van der Waals surface area contributed by atoms with Crippen molar-refractivity contribution in [3.05, 3.63) is 65.5 Å². The van der Waals surface area contributed by atoms with Crippen LogP contribution in [0.2, 0.25) is 0 Å². The Bertz CT molecular complexity index is 540. The third-order valence-corrected chi connectivity index (χ3v) is 2.69. The van der Waals surface area contributed by atoms with E-state index in [0.717, 1.165) is 11.6 Å². The molecule has 0 aliphatic heterocycles. The van der Waals surface area contributed by atoms with Crippen LogP contribution < -0.4 is 4.90 Å². The summed E-state index contributed by atoms with van der Waals surface area (Å²) in [5.74, 6) is -3.77. The second-order valence-electron chi connectivity index (χ2n) is 4.04. The first-order chi connectivity index (χ1) is 8.59. The zero-order chi connectivity index (χ0) is 13.1. The van der Waals surface area contributed by atoms with Crippen molar-refractivity contribution in [3.63, 3.8) is 0 Å². The lowest BCUT2D eigenvalue weighted by Crippen LogP contribution is -2.18. The molecule has 0 radical (unpaired) electrons. The van der Waals surface area contributed by atoms with Crippen LogP contribution in [0.25, 0.3) is 0 Å². The van der Waals surface area contributed by atoms with Crippen molar-refractivity contribution in [3.8, 4) is 0 Å². The molecule has 0 aliphatic rings. The highest BCUT2D eigenvalue weighted by atomic mass is 19.2. The molecule has 0 unspecified atom stereocenters. The van der Waals surface area contributed by atoms with Gasteiger partial charge in [-0.3, -0.25) is 0 Å². The maximum atomic E-state index is 13.6. The molecular weight excluding hydrogens is 239 g/mol. The molecule has 0 N–H and O–H groups in total. The summed E-state index contributed by atoms with van der Waals surface area (Å²) in [7, 11) is 1.63. The van der Waals surface area contributed by atoms with Crippen LogP contribution in [0.15, 0.2) is 42.5 Å². The molecule has 18 heavy (non-hydrogen) atoms. The molecule has 0 atom stereocenters. The fourth-order valence-electron chi connectivity index (χ4n) is 1.75. The smallest absolute Gasteiger partial charge is 0.196 e. The summed E-state index contributed by atoms with van der Waals surface area (Å²) in [6.07, 6.45) is 0. The minimum Gasteiger partial charge on any atom is -0.368 e. The summed E-state index contributed by atoms with van der Waals surface area (Å²) in [4.78, 5) is 1.53. The van der Waals surface area contributed by atoms with E-state index in [1.165, 1.54) is 11.0 Å². The Kier molecular flexibility index (Phi) is 3.55. The van der Waals surface area contributed by atoms with Gasteiger partial charge in [-0.25, -0.2) is 13.2 Å². The molecule has 2 rings (SSSR count). The van der Waals surface area contributed by atoms with Gasteiger partial charge in [0.2, 0.25) is 0 Å². The van der Waals surface area contributed by atoms with Crippen molar-refractivity contribution in [2.45, 2.75) is 6.54 Å². The van der Waals surface area contributed by atoms with Gasteiger partial charge in [-0.05, 0) is 17.7 Å². The fraction of sp³-hybridized carbons (Fsp3) is 0.143. The van der Waals surface area contributed by atoms with Gasteiger partial charge in [-0.15, -0.1) is 0 Å². The normalized spacial score (nSPS) is 10.4. The largest absolute Gasteiger partial charge is 0.368 e. The molecule has 2 aromatic rings. The maximum absolute atomic E-state index is 13.6. The van der Waals surface area contributed by atoms with Crippen molar-refractivity contribution in [2.75, 3.05) is 11.9 Å². The predicted octanol–water partition coefficient (Wildman–Crippen LogP) is 3.74. The lowest BCUT2D eigenvalue weighted by Gasteiger charge is -2.20. The summed E-state index contributed by atoms with van der Waals surface area (Å²) in [6, 6.07) is 11.5. The van der Waals surface area contributed by atoms with Gasteiger partial charge < -0.3 is 4.90 Å². The van der Waals surface area contributed by atoms with Crippen LogP contribution in [0.3, 0.4) is 0 Å². The topological polar surface area (TPSA) is 3.24 Å². The molecule has 0 amide bonds. The van der Waals surface area contributed by atoms with E-state index in [4.69, 9.17) is 0 Å². The van der Waals surface area contributed by atoms with E-state index in [9.17, 15) is 13.2 Å². The molecule has 0 aliphatic carbocycles. The van der Waals surface area contributed by atoms with E-state index in [1.54, 1.807) is 7.05 Å². The molecular formula is C14H12F3N. The number of rotatable bonds is 3. The summed E-state index contributed by atoms with van der Waals surface area (Å²) in [5.41, 5.74) is 1.00. The van der Waals surface area contributed by atoms with Crippen LogP contribution in [-0.4, -0.2) is 7.05 Å². The van der Waals surface area contributed by atoms with Crippen molar-refractivity contribution in [2.24, 2.45) is 0 Å². The van der Waals surface area contributed by atoms with Gasteiger partial charge >= 0.3 is 0 Å². The SMILES string of the molecule is CN(Cc1ccccc1)c1ccc(F)c(F)c1F. The monoisotopic (exact) mass is 251 g/mol. The lowest BCUT2D eigenvalue weighted by atomic mass is 10.2. The van der Waals surface area contributed by atoms with Crippen LogP contribution in [0.4, 0.5) is 18.9 Å². The lowest BCUT2D eigenvalue weighted by molar-refractivity contribution is 0.447. The first kappa shape index (κ1) is 12.5. The van der Waals surface area contributed by atoms with Gasteiger partial charge in [0, 0.05) is 13.6 Å². The fourth-order valence-corrected chi connectivity index (χ4v) is 1.75. The van der Waals surface area contributed by atoms with E-state index < -0.39 is 17.5 Å². The molecule has 0 spiro atoms. The molecule has 0 saturated carbocycles. The maximum Gasteiger partial charge on any atom is 0.196 e. The van der Waals surface area contributed by atoms with Crippen molar-refractivity contribution >= 4 is 5.69 Å². The molecule has 0 heterocycles. The summed E-state index contributed by atoms with van der Waals surface area (Å²) < 4.78 is 39.5. The van der Waals surface area contributed by atoms with Crippen LogP contribution in [0.5, 0.6) is 0 Å². The Morgan fingerprint density at radius 3 is 2.22 bits per heavy atom. The van der Waals surface area contributed by atoms with Gasteiger partial charge in [-0.2, -0.15) is 0 Å². The van der Waals surface area contributed by atoms with Gasteiger partial charge in [-0.1, -0.05) is 30.3 Å². The highest BCUT2D eigenvalue weighted by molar-refractivity contribution is 5.48. The average Bonchev–Trinajstić information content (AvgIpc) is 2.37. The predicted molar refractivity (Wildman–Crippen MR) is 64.9 cm³/mol. The average molecular weight is 251 g/mol. The summed E-state index contributed by atoms with van der Waals surface area (Å²) in [5, 5.41) is 0. The number of hydrogen-bond donors (Lipinski definition) is 0. The van der Waals surface area contributed by atoms with E-state index in [-0.39, 0.29) is 5.69 Å². The number of benzene rings is 2. The van der Waals surface area contributed by atoms with Gasteiger partial charge in [0.05, 0.1) is 5.69 Å². The number of hydrogen-bond acceptors (Lipinski definition) is 1. The molecule has 0 saturated heterocycles. The van der Waals surface area contributed by atoms with Crippen LogP contribution in [0, 0.1) is 17.5 Å². The van der Waals surface area contributed by atoms with Crippen molar-refractivity contribution in [1.82, 2.24) is 0 Å². The minimum absolute atomic E-state index is 0.0396. The Balaban J connectivity index is 2.24. The first-order valence-electron chi connectivity index (χ1n) is 5.48. The number of halogens is 3. The molecule has 0 bridgehead atoms. The summed E-state index contributed by atoms with van der Waals surface area (Å²) in [6.45, 7) is 0.419. The standard InChI is InChI=1S/C14H12F3N/c1-18(9-10-5-3-2-4-6-10)12-8-7-11(15)13(16)14(12)17/h2-8H,9H2,1H3. The third-order valence-electron chi connectivity index (χ3n) is 2.69. The van der Waals surface area contributed by atoms with E-state index in [2.05, 4.69) is 0 Å². The summed E-state index contributed by atoms with van der Waals surface area (Å²) >= 11 is 0. The third kappa shape index (κ3) is 2.47. The minimum atomic E-state index is -1.44. The quantitative estimate of drug-likeness (QED) is 0.751. The second-order valence-corrected chi connectivity index (χ2v) is 4.04. The van der Waals surface area contributed by atoms with Crippen LogP contribution in [0.1, 0.15) is 5.56 Å². The highest BCUT2D eigenvalue weighted by Crippen LogP contribution is 2.23. The zero-order valence-corrected chi connectivity index (χ0v) is 9.83. The molecule has 0 fully saturated rings. The number of anilines is 1. The molecule has 0 aromatic heterocycles. The van der Waals surface area contributed by atoms with Crippen molar-refractivity contribution in [1.29, 1.82) is 0 Å². The van der Waals surface area contributed by atoms with Gasteiger partial charge in [0.25, 0.3) is 0 Å². The molecule has 94 valence electrons. The zero-order valence-electron chi connectivity index (χ0n) is 9.83. The Hall–Kier alpha value is -1.97. The van der Waals surface area contributed by atoms with Crippen LogP contribution >= 0.6 is 0 Å². The Labute approximate surface area is 103 Å². The van der Waals surface area contributed by atoms with E-state index >= 15 is 0 Å². The van der Waals surface area contributed by atoms with Gasteiger partial charge in [0.15, 0.2) is 17.5 Å². The molecule has 1 nitrogen and oxygen atoms in total. The first-order valence-corrected chi connectivity index (χ1v) is 5.48. The molecule has 4 heteroatoms. The highest BCUT2D eigenvalue weighted by Gasteiger charge is 2.16.